The quantitative estimate of drug-likeness (QED) is 0.852. The third kappa shape index (κ3) is 3.31. The number of aromatic hydroxyl groups is 1. The second-order valence-electron chi connectivity index (χ2n) is 5.01. The largest absolute Gasteiger partial charge is 0.508 e. The number of phenols is 1. The monoisotopic (exact) mass is 387 g/mol. The molecule has 1 saturated carbocycles. The Bertz CT molecular complexity index is 753. The molecule has 21 heavy (non-hydrogen) atoms. The van der Waals surface area contributed by atoms with Crippen molar-refractivity contribution in [3.05, 3.63) is 45.7 Å². The molecule has 2 aromatic rings. The fourth-order valence-electron chi connectivity index (χ4n) is 2.16. The van der Waals surface area contributed by atoms with Crippen molar-refractivity contribution in [2.24, 2.45) is 0 Å². The van der Waals surface area contributed by atoms with Gasteiger partial charge in [-0.3, -0.25) is 0 Å². The summed E-state index contributed by atoms with van der Waals surface area (Å²) in [6.45, 7) is 0.289. The lowest BCUT2D eigenvalue weighted by Gasteiger charge is -2.21. The molecule has 0 atom stereocenters. The Labute approximate surface area is 136 Å². The first-order valence-electron chi connectivity index (χ1n) is 6.52. The number of hydrogen-bond donors (Lipinski definition) is 1. The molecule has 7 heteroatoms. The van der Waals surface area contributed by atoms with E-state index in [1.54, 1.807) is 34.6 Å². The fourth-order valence-corrected chi connectivity index (χ4v) is 5.97. The van der Waals surface area contributed by atoms with E-state index in [2.05, 4.69) is 15.9 Å². The lowest BCUT2D eigenvalue weighted by atomic mass is 10.2. The van der Waals surface area contributed by atoms with E-state index in [0.29, 0.717) is 4.21 Å². The highest BCUT2D eigenvalue weighted by Gasteiger charge is 2.38. The van der Waals surface area contributed by atoms with E-state index in [-0.39, 0.29) is 18.3 Å². The summed E-state index contributed by atoms with van der Waals surface area (Å²) in [5.41, 5.74) is 0.793. The van der Waals surface area contributed by atoms with E-state index < -0.39 is 10.0 Å². The van der Waals surface area contributed by atoms with E-state index >= 15 is 0 Å². The molecule has 1 heterocycles. The van der Waals surface area contributed by atoms with Gasteiger partial charge in [-0.05, 0) is 58.6 Å². The zero-order chi connectivity index (χ0) is 15.0. The van der Waals surface area contributed by atoms with E-state index in [1.807, 2.05) is 6.07 Å². The molecule has 1 aromatic carbocycles. The number of thiophene rings is 1. The summed E-state index contributed by atoms with van der Waals surface area (Å²) in [6.07, 6.45) is 1.79. The van der Waals surface area contributed by atoms with Crippen LogP contribution in [0.25, 0.3) is 0 Å². The molecule has 1 fully saturated rings. The Kier molecular flexibility index (Phi) is 4.09. The molecule has 3 rings (SSSR count). The Balaban J connectivity index is 1.91. The first-order chi connectivity index (χ1) is 9.96. The summed E-state index contributed by atoms with van der Waals surface area (Å²) < 4.78 is 28.2. The minimum atomic E-state index is -3.49. The van der Waals surface area contributed by atoms with Crippen molar-refractivity contribution in [3.8, 4) is 5.75 Å². The van der Waals surface area contributed by atoms with Gasteiger partial charge in [0.1, 0.15) is 9.96 Å². The van der Waals surface area contributed by atoms with Crippen molar-refractivity contribution in [2.75, 3.05) is 0 Å². The van der Waals surface area contributed by atoms with Crippen molar-refractivity contribution in [1.29, 1.82) is 0 Å². The van der Waals surface area contributed by atoms with Crippen molar-refractivity contribution < 1.29 is 13.5 Å². The molecule has 1 N–H and O–H groups in total. The van der Waals surface area contributed by atoms with Gasteiger partial charge in [0.15, 0.2) is 0 Å². The van der Waals surface area contributed by atoms with Crippen LogP contribution in [0.15, 0.2) is 44.4 Å². The zero-order valence-corrected chi connectivity index (χ0v) is 14.3. The van der Waals surface area contributed by atoms with Gasteiger partial charge in [-0.15, -0.1) is 11.3 Å². The summed E-state index contributed by atoms with van der Waals surface area (Å²) >= 11 is 4.52. The minimum absolute atomic E-state index is 0.0678. The average molecular weight is 388 g/mol. The Morgan fingerprint density at radius 3 is 2.62 bits per heavy atom. The van der Waals surface area contributed by atoms with Gasteiger partial charge in [-0.1, -0.05) is 12.1 Å². The predicted octanol–water partition coefficient (Wildman–Crippen LogP) is 3.57. The van der Waals surface area contributed by atoms with Crippen LogP contribution in [-0.4, -0.2) is 23.9 Å². The summed E-state index contributed by atoms with van der Waals surface area (Å²) in [5, 5.41) is 9.53. The smallest absolute Gasteiger partial charge is 0.253 e. The van der Waals surface area contributed by atoms with Crippen LogP contribution >= 0.6 is 27.3 Å². The average Bonchev–Trinajstić information content (AvgIpc) is 3.16. The summed E-state index contributed by atoms with van der Waals surface area (Å²) in [4.78, 5) is 0. The van der Waals surface area contributed by atoms with E-state index in [4.69, 9.17) is 0 Å². The van der Waals surface area contributed by atoms with Gasteiger partial charge in [-0.25, -0.2) is 8.42 Å². The van der Waals surface area contributed by atoms with Crippen LogP contribution in [-0.2, 0) is 16.6 Å². The van der Waals surface area contributed by atoms with Crippen LogP contribution in [0.3, 0.4) is 0 Å². The second kappa shape index (κ2) is 5.72. The highest BCUT2D eigenvalue weighted by molar-refractivity contribution is 9.11. The topological polar surface area (TPSA) is 57.6 Å². The third-order valence-electron chi connectivity index (χ3n) is 3.31. The van der Waals surface area contributed by atoms with Gasteiger partial charge in [0.2, 0.25) is 0 Å². The first-order valence-corrected chi connectivity index (χ1v) is 9.57. The van der Waals surface area contributed by atoms with Gasteiger partial charge < -0.3 is 5.11 Å². The van der Waals surface area contributed by atoms with E-state index in [9.17, 15) is 13.5 Å². The van der Waals surface area contributed by atoms with Crippen molar-refractivity contribution >= 4 is 37.3 Å². The number of nitrogens with zero attached hydrogens (tertiary/aromatic N) is 1. The van der Waals surface area contributed by atoms with E-state index in [1.165, 1.54) is 11.3 Å². The fraction of sp³-hybridized carbons (Fsp3) is 0.286. The molecular formula is C14H14BrNO3S2. The molecule has 0 saturated heterocycles. The van der Waals surface area contributed by atoms with Crippen molar-refractivity contribution in [1.82, 2.24) is 4.31 Å². The molecule has 1 aliphatic carbocycles. The van der Waals surface area contributed by atoms with Crippen LogP contribution in [0, 0.1) is 0 Å². The highest BCUT2D eigenvalue weighted by Crippen LogP contribution is 2.36. The molecule has 112 valence electrons. The van der Waals surface area contributed by atoms with Crippen LogP contribution in [0.1, 0.15) is 18.4 Å². The second-order valence-corrected chi connectivity index (χ2v) is 9.59. The maximum absolute atomic E-state index is 12.8. The van der Waals surface area contributed by atoms with Crippen LogP contribution in [0.5, 0.6) is 5.75 Å². The predicted molar refractivity (Wildman–Crippen MR) is 85.9 cm³/mol. The Hall–Kier alpha value is -0.890. The third-order valence-corrected chi connectivity index (χ3v) is 7.30. The SMILES string of the molecule is O=S(=O)(c1ccc(Br)s1)N(Cc1cccc(O)c1)C1CC1. The van der Waals surface area contributed by atoms with Gasteiger partial charge in [-0.2, -0.15) is 4.31 Å². The molecule has 1 aromatic heterocycles. The molecule has 0 amide bonds. The molecule has 0 bridgehead atoms. The molecule has 0 unspecified atom stereocenters. The lowest BCUT2D eigenvalue weighted by Crippen LogP contribution is -2.32. The van der Waals surface area contributed by atoms with Crippen LogP contribution in [0.4, 0.5) is 0 Å². The van der Waals surface area contributed by atoms with Crippen LogP contribution < -0.4 is 0 Å². The normalized spacial score (nSPS) is 15.5. The molecule has 0 spiro atoms. The lowest BCUT2D eigenvalue weighted by molar-refractivity contribution is 0.398. The Morgan fingerprint density at radius 2 is 2.05 bits per heavy atom. The van der Waals surface area contributed by atoms with Gasteiger partial charge >= 0.3 is 0 Å². The highest BCUT2D eigenvalue weighted by atomic mass is 79.9. The Morgan fingerprint density at radius 1 is 1.29 bits per heavy atom. The minimum Gasteiger partial charge on any atom is -0.508 e. The van der Waals surface area contributed by atoms with Crippen molar-refractivity contribution in [2.45, 2.75) is 29.6 Å². The number of rotatable bonds is 5. The van der Waals surface area contributed by atoms with Gasteiger partial charge in [0.25, 0.3) is 10.0 Å². The van der Waals surface area contributed by atoms with E-state index in [0.717, 1.165) is 22.2 Å². The maximum Gasteiger partial charge on any atom is 0.253 e. The number of hydrogen-bond acceptors (Lipinski definition) is 4. The van der Waals surface area contributed by atoms with Gasteiger partial charge in [0, 0.05) is 12.6 Å². The summed E-state index contributed by atoms with van der Waals surface area (Å²) in [6, 6.07) is 10.2. The van der Waals surface area contributed by atoms with Crippen LogP contribution in [0.2, 0.25) is 0 Å². The standard InChI is InChI=1S/C14H14BrNO3S2/c15-13-6-7-14(20-13)21(18,19)16(11-4-5-11)9-10-2-1-3-12(17)8-10/h1-3,6-8,11,17H,4-5,9H2. The van der Waals surface area contributed by atoms with Crippen molar-refractivity contribution in [3.63, 3.8) is 0 Å². The number of sulfonamides is 1. The molecule has 0 aliphatic heterocycles. The number of benzene rings is 1. The summed E-state index contributed by atoms with van der Waals surface area (Å²) in [7, 11) is -3.49. The number of phenolic OH excluding ortho intramolecular Hbond substituents is 1. The molecular weight excluding hydrogens is 374 g/mol. The molecule has 1 aliphatic rings. The van der Waals surface area contributed by atoms with Gasteiger partial charge in [0.05, 0.1) is 3.79 Å². The molecule has 0 radical (unpaired) electrons. The molecule has 4 nitrogen and oxygen atoms in total. The summed E-state index contributed by atoms with van der Waals surface area (Å²) in [5.74, 6) is 0.152. The first kappa shape index (κ1) is 15.0. The zero-order valence-electron chi connectivity index (χ0n) is 11.1. The number of halogens is 1. The maximum atomic E-state index is 12.8.